The SMILES string of the molecule is N=C1/C(=C/c2ccc(SCc3ccccc3)o2)C(=O)N=C2SC(CC(=O)N3CCOCC3)=NN12. The van der Waals surface area contributed by atoms with Crippen LogP contribution in [0.25, 0.3) is 6.08 Å². The molecule has 34 heavy (non-hydrogen) atoms. The van der Waals surface area contributed by atoms with E-state index >= 15 is 0 Å². The highest BCUT2D eigenvalue weighted by atomic mass is 32.2. The van der Waals surface area contributed by atoms with Crippen LogP contribution in [0.4, 0.5) is 0 Å². The molecule has 2 amide bonds. The van der Waals surface area contributed by atoms with E-state index in [1.54, 1.807) is 22.7 Å². The maximum atomic E-state index is 12.6. The van der Waals surface area contributed by atoms with Gasteiger partial charge in [-0.25, -0.2) is 0 Å². The molecule has 0 atom stereocenters. The maximum absolute atomic E-state index is 12.6. The van der Waals surface area contributed by atoms with Crippen molar-refractivity contribution in [3.63, 3.8) is 0 Å². The first-order valence-corrected chi connectivity index (χ1v) is 12.5. The summed E-state index contributed by atoms with van der Waals surface area (Å²) in [5.41, 5.74) is 1.27. The van der Waals surface area contributed by atoms with Crippen LogP contribution in [0.15, 0.2) is 67.6 Å². The summed E-state index contributed by atoms with van der Waals surface area (Å²) >= 11 is 2.69. The van der Waals surface area contributed by atoms with Crippen molar-refractivity contribution in [1.29, 1.82) is 5.41 Å². The first kappa shape index (κ1) is 22.6. The topological polar surface area (TPSA) is 112 Å². The number of morpholine rings is 1. The number of nitrogens with zero attached hydrogens (tertiary/aromatic N) is 4. The largest absolute Gasteiger partial charge is 0.450 e. The van der Waals surface area contributed by atoms with Crippen LogP contribution in [0.5, 0.6) is 0 Å². The highest BCUT2D eigenvalue weighted by molar-refractivity contribution is 8.27. The summed E-state index contributed by atoms with van der Waals surface area (Å²) < 4.78 is 11.1. The van der Waals surface area contributed by atoms with Crippen molar-refractivity contribution < 1.29 is 18.7 Å². The highest BCUT2D eigenvalue weighted by Gasteiger charge is 2.36. The van der Waals surface area contributed by atoms with Gasteiger partial charge in [0.05, 0.1) is 25.2 Å². The Morgan fingerprint density at radius 1 is 1.18 bits per heavy atom. The number of amidine groups is 2. The zero-order valence-corrected chi connectivity index (χ0v) is 19.7. The van der Waals surface area contributed by atoms with Crippen LogP contribution in [0.1, 0.15) is 17.7 Å². The fourth-order valence-electron chi connectivity index (χ4n) is 3.52. The lowest BCUT2D eigenvalue weighted by Crippen LogP contribution is -2.41. The van der Waals surface area contributed by atoms with Crippen molar-refractivity contribution in [2.24, 2.45) is 10.1 Å². The number of benzene rings is 1. The van der Waals surface area contributed by atoms with Crippen LogP contribution < -0.4 is 0 Å². The molecular weight excluding hydrogens is 474 g/mol. The number of carbonyl (C=O) groups is 2. The van der Waals surface area contributed by atoms with Crippen molar-refractivity contribution in [2.75, 3.05) is 26.3 Å². The third-order valence-electron chi connectivity index (χ3n) is 5.28. The van der Waals surface area contributed by atoms with Gasteiger partial charge in [-0.3, -0.25) is 15.0 Å². The van der Waals surface area contributed by atoms with Gasteiger partial charge in [-0.15, -0.1) is 0 Å². The summed E-state index contributed by atoms with van der Waals surface area (Å²) in [6.45, 7) is 2.16. The molecule has 0 unspecified atom stereocenters. The molecule has 174 valence electrons. The van der Waals surface area contributed by atoms with Crippen molar-refractivity contribution in [3.05, 3.63) is 59.4 Å². The number of hydrazone groups is 1. The molecule has 0 aliphatic carbocycles. The van der Waals surface area contributed by atoms with Gasteiger partial charge in [0.2, 0.25) is 11.1 Å². The molecule has 5 rings (SSSR count). The predicted octanol–water partition coefficient (Wildman–Crippen LogP) is 3.44. The molecule has 1 saturated heterocycles. The zero-order valence-electron chi connectivity index (χ0n) is 18.1. The third kappa shape index (κ3) is 5.01. The van der Waals surface area contributed by atoms with E-state index in [1.807, 2.05) is 36.4 Å². The van der Waals surface area contributed by atoms with E-state index in [-0.39, 0.29) is 28.9 Å². The van der Waals surface area contributed by atoms with Crippen LogP contribution in [0.2, 0.25) is 0 Å². The van der Waals surface area contributed by atoms with Gasteiger partial charge in [0.15, 0.2) is 10.9 Å². The molecular formula is C23H21N5O4S2. The summed E-state index contributed by atoms with van der Waals surface area (Å²) in [6, 6.07) is 13.7. The van der Waals surface area contributed by atoms with E-state index in [1.165, 1.54) is 16.6 Å². The average Bonchev–Trinajstić information content (AvgIpc) is 3.48. The summed E-state index contributed by atoms with van der Waals surface area (Å²) in [4.78, 5) is 31.0. The van der Waals surface area contributed by atoms with Crippen molar-refractivity contribution in [1.82, 2.24) is 9.91 Å². The van der Waals surface area contributed by atoms with E-state index in [0.29, 0.717) is 42.2 Å². The lowest BCUT2D eigenvalue weighted by Gasteiger charge is -2.26. The second-order valence-electron chi connectivity index (χ2n) is 7.61. The Morgan fingerprint density at radius 3 is 2.76 bits per heavy atom. The minimum Gasteiger partial charge on any atom is -0.450 e. The van der Waals surface area contributed by atoms with Crippen molar-refractivity contribution >= 4 is 57.5 Å². The lowest BCUT2D eigenvalue weighted by molar-refractivity contribution is -0.133. The summed E-state index contributed by atoms with van der Waals surface area (Å²) in [5, 5.41) is 15.7. The zero-order chi connectivity index (χ0) is 23.5. The number of thioether (sulfide) groups is 2. The van der Waals surface area contributed by atoms with E-state index in [2.05, 4.69) is 10.1 Å². The van der Waals surface area contributed by atoms with Gasteiger partial charge in [-0.05, 0) is 35.5 Å². The van der Waals surface area contributed by atoms with E-state index in [4.69, 9.17) is 14.6 Å². The third-order valence-corrected chi connectivity index (χ3v) is 7.17. The summed E-state index contributed by atoms with van der Waals surface area (Å²) in [7, 11) is 0. The maximum Gasteiger partial charge on any atom is 0.283 e. The number of rotatable bonds is 6. The van der Waals surface area contributed by atoms with Gasteiger partial charge in [0.25, 0.3) is 5.91 Å². The normalized spacial score (nSPS) is 19.4. The number of hydrogen-bond acceptors (Lipinski definition) is 8. The Labute approximate surface area is 204 Å². The fourth-order valence-corrected chi connectivity index (χ4v) is 5.21. The molecule has 4 heterocycles. The van der Waals surface area contributed by atoms with Gasteiger partial charge in [0.1, 0.15) is 10.8 Å². The van der Waals surface area contributed by atoms with Gasteiger partial charge >= 0.3 is 0 Å². The molecule has 2 aromatic rings. The monoisotopic (exact) mass is 495 g/mol. The first-order chi connectivity index (χ1) is 16.6. The van der Waals surface area contributed by atoms with Crippen molar-refractivity contribution in [3.8, 4) is 0 Å². The number of ether oxygens (including phenoxy) is 1. The molecule has 1 fully saturated rings. The number of furan rings is 1. The van der Waals surface area contributed by atoms with Crippen molar-refractivity contribution in [2.45, 2.75) is 17.3 Å². The molecule has 0 radical (unpaired) electrons. The Morgan fingerprint density at radius 2 is 1.97 bits per heavy atom. The Hall–Kier alpha value is -3.15. The summed E-state index contributed by atoms with van der Waals surface area (Å²) in [5.74, 6) is 0.541. The molecule has 1 aromatic carbocycles. The first-order valence-electron chi connectivity index (χ1n) is 10.7. The van der Waals surface area contributed by atoms with E-state index in [0.717, 1.165) is 17.5 Å². The molecule has 9 nitrogen and oxygen atoms in total. The molecule has 3 aliphatic rings. The smallest absolute Gasteiger partial charge is 0.283 e. The van der Waals surface area contributed by atoms with Gasteiger partial charge in [0, 0.05) is 18.8 Å². The number of nitrogens with one attached hydrogen (secondary N) is 1. The minimum atomic E-state index is -0.533. The molecule has 1 aromatic heterocycles. The Kier molecular flexibility index (Phi) is 6.66. The van der Waals surface area contributed by atoms with Crippen LogP contribution in [-0.4, -0.2) is 64.1 Å². The van der Waals surface area contributed by atoms with E-state index < -0.39 is 5.91 Å². The lowest BCUT2D eigenvalue weighted by atomic mass is 10.1. The number of amides is 2. The van der Waals surface area contributed by atoms with Crippen LogP contribution in [0, 0.1) is 5.41 Å². The van der Waals surface area contributed by atoms with Crippen LogP contribution >= 0.6 is 23.5 Å². The van der Waals surface area contributed by atoms with Gasteiger partial charge in [-0.1, -0.05) is 42.1 Å². The second-order valence-corrected chi connectivity index (χ2v) is 9.64. The summed E-state index contributed by atoms with van der Waals surface area (Å²) in [6.07, 6.45) is 1.61. The van der Waals surface area contributed by atoms with Gasteiger partial charge in [-0.2, -0.15) is 15.1 Å². The van der Waals surface area contributed by atoms with E-state index in [9.17, 15) is 9.59 Å². The predicted molar refractivity (Wildman–Crippen MR) is 132 cm³/mol. The van der Waals surface area contributed by atoms with Crippen LogP contribution in [0.3, 0.4) is 0 Å². The highest BCUT2D eigenvalue weighted by Crippen LogP contribution is 2.31. The number of carbonyl (C=O) groups excluding carboxylic acids is 2. The van der Waals surface area contributed by atoms with Gasteiger partial charge < -0.3 is 14.1 Å². The Bertz CT molecular complexity index is 1210. The number of aliphatic imine (C=N–C) groups is 1. The average molecular weight is 496 g/mol. The number of fused-ring (bicyclic) bond motifs is 1. The van der Waals surface area contributed by atoms with Crippen LogP contribution in [-0.2, 0) is 20.1 Å². The standard InChI is InChI=1S/C23H21N5O4S2/c24-21-17(12-16-6-7-20(32-16)33-14-15-4-2-1-3-5-15)22(30)25-23-28(21)26-18(34-23)13-19(29)27-8-10-31-11-9-27/h1-7,12,24H,8-11,13-14H2/b17-12-,24-21?. The number of hydrogen-bond donors (Lipinski definition) is 1. The quantitative estimate of drug-likeness (QED) is 0.483. The molecule has 1 N–H and O–H groups in total. The molecule has 0 saturated carbocycles. The molecule has 0 bridgehead atoms. The molecule has 0 spiro atoms. The Balaban J connectivity index is 1.26. The molecule has 11 heteroatoms. The molecule has 3 aliphatic heterocycles. The second kappa shape index (κ2) is 10.00. The fraction of sp³-hybridized carbons (Fsp3) is 0.261. The minimum absolute atomic E-state index is 0.0558.